The van der Waals surface area contributed by atoms with Crippen LogP contribution in [0.2, 0.25) is 0 Å². The molecule has 0 heterocycles. The molecule has 5 heteroatoms. The lowest BCUT2D eigenvalue weighted by Gasteiger charge is -2.28. The minimum Gasteiger partial charge on any atom is -0.399 e. The van der Waals surface area contributed by atoms with Gasteiger partial charge in [-0.1, -0.05) is 12.1 Å². The van der Waals surface area contributed by atoms with Gasteiger partial charge in [0.25, 0.3) is 0 Å². The van der Waals surface area contributed by atoms with Gasteiger partial charge in [-0.3, -0.25) is 4.79 Å². The summed E-state index contributed by atoms with van der Waals surface area (Å²) in [6.07, 6.45) is 1.15. The minimum atomic E-state index is 0.0403. The largest absolute Gasteiger partial charge is 0.399 e. The molecule has 0 radical (unpaired) electrons. The molecule has 0 bridgehead atoms. The van der Waals surface area contributed by atoms with Crippen LogP contribution in [0.3, 0.4) is 0 Å². The van der Waals surface area contributed by atoms with Crippen molar-refractivity contribution in [3.8, 4) is 0 Å². The Kier molecular flexibility index (Phi) is 7.79. The lowest BCUT2D eigenvalue weighted by Crippen LogP contribution is -2.43. The summed E-state index contributed by atoms with van der Waals surface area (Å²) in [5.41, 5.74) is 7.55. The van der Waals surface area contributed by atoms with Crippen molar-refractivity contribution in [2.45, 2.75) is 25.8 Å². The number of methoxy groups -OCH3 is 2. The molecule has 1 aromatic carbocycles. The molecule has 1 unspecified atom stereocenters. The second-order valence-electron chi connectivity index (χ2n) is 5.13. The number of carbonyl (C=O) groups is 1. The van der Waals surface area contributed by atoms with E-state index in [0.29, 0.717) is 32.6 Å². The first-order chi connectivity index (χ1) is 10.1. The van der Waals surface area contributed by atoms with Gasteiger partial charge in [-0.05, 0) is 31.0 Å². The van der Waals surface area contributed by atoms with E-state index in [9.17, 15) is 4.79 Å². The Morgan fingerprint density at radius 3 is 2.71 bits per heavy atom. The Balaban J connectivity index is 2.58. The summed E-state index contributed by atoms with van der Waals surface area (Å²) in [6, 6.07) is 7.69. The van der Waals surface area contributed by atoms with Crippen LogP contribution in [0, 0.1) is 0 Å². The third-order valence-electron chi connectivity index (χ3n) is 3.38. The number of anilines is 1. The topological polar surface area (TPSA) is 64.8 Å². The minimum absolute atomic E-state index is 0.0403. The lowest BCUT2D eigenvalue weighted by molar-refractivity contribution is -0.135. The molecule has 21 heavy (non-hydrogen) atoms. The van der Waals surface area contributed by atoms with Gasteiger partial charge >= 0.3 is 0 Å². The zero-order chi connectivity index (χ0) is 15.7. The van der Waals surface area contributed by atoms with Gasteiger partial charge in [0.2, 0.25) is 5.91 Å². The zero-order valence-corrected chi connectivity index (χ0v) is 13.2. The van der Waals surface area contributed by atoms with Crippen LogP contribution in [0.4, 0.5) is 5.69 Å². The number of nitrogens with two attached hydrogens (primary N) is 1. The van der Waals surface area contributed by atoms with Crippen molar-refractivity contribution in [1.29, 1.82) is 0 Å². The summed E-state index contributed by atoms with van der Waals surface area (Å²) < 4.78 is 10.2. The van der Waals surface area contributed by atoms with E-state index in [1.54, 1.807) is 14.2 Å². The Morgan fingerprint density at radius 1 is 1.33 bits per heavy atom. The van der Waals surface area contributed by atoms with Crippen molar-refractivity contribution in [3.63, 3.8) is 0 Å². The summed E-state index contributed by atoms with van der Waals surface area (Å²) in [5, 5.41) is 0. The van der Waals surface area contributed by atoms with Crippen LogP contribution in [0.15, 0.2) is 24.3 Å². The molecule has 0 aliphatic rings. The smallest absolute Gasteiger partial charge is 0.223 e. The molecule has 1 rings (SSSR count). The molecule has 1 amide bonds. The molecule has 0 aromatic heterocycles. The fourth-order valence-electron chi connectivity index (χ4n) is 2.26. The number of hydrogen-bond acceptors (Lipinski definition) is 4. The molecule has 118 valence electrons. The first-order valence-electron chi connectivity index (χ1n) is 7.20. The molecule has 0 aliphatic heterocycles. The predicted molar refractivity (Wildman–Crippen MR) is 84.1 cm³/mol. The zero-order valence-electron chi connectivity index (χ0n) is 13.2. The van der Waals surface area contributed by atoms with Gasteiger partial charge in [0.05, 0.1) is 19.3 Å². The number of benzene rings is 1. The van der Waals surface area contributed by atoms with E-state index < -0.39 is 0 Å². The number of carbonyl (C=O) groups excluding carboxylic acids is 1. The molecule has 0 spiro atoms. The van der Waals surface area contributed by atoms with Crippen molar-refractivity contribution in [1.82, 2.24) is 4.90 Å². The van der Waals surface area contributed by atoms with Gasteiger partial charge in [0, 0.05) is 32.9 Å². The predicted octanol–water partition coefficient (Wildman–Crippen LogP) is 1.71. The van der Waals surface area contributed by atoms with Gasteiger partial charge in [-0.15, -0.1) is 0 Å². The maximum absolute atomic E-state index is 12.4. The number of ether oxygens (including phenoxy) is 2. The van der Waals surface area contributed by atoms with Gasteiger partial charge in [0.15, 0.2) is 0 Å². The van der Waals surface area contributed by atoms with E-state index >= 15 is 0 Å². The third kappa shape index (κ3) is 6.14. The monoisotopic (exact) mass is 294 g/mol. The van der Waals surface area contributed by atoms with Crippen LogP contribution in [-0.2, 0) is 20.7 Å². The average Bonchev–Trinajstić information content (AvgIpc) is 2.46. The summed E-state index contributed by atoms with van der Waals surface area (Å²) in [7, 11) is 3.28. The number of amides is 1. The summed E-state index contributed by atoms with van der Waals surface area (Å²) in [5.74, 6) is 0.110. The van der Waals surface area contributed by atoms with Gasteiger partial charge in [0.1, 0.15) is 0 Å². The first-order valence-corrected chi connectivity index (χ1v) is 7.20. The highest BCUT2D eigenvalue weighted by Gasteiger charge is 2.19. The van der Waals surface area contributed by atoms with Gasteiger partial charge in [-0.2, -0.15) is 0 Å². The van der Waals surface area contributed by atoms with Crippen molar-refractivity contribution in [2.24, 2.45) is 0 Å². The molecule has 0 saturated carbocycles. The maximum atomic E-state index is 12.4. The van der Waals surface area contributed by atoms with Crippen LogP contribution in [0.25, 0.3) is 0 Å². The second kappa shape index (κ2) is 9.37. The molecule has 1 atom stereocenters. The standard InChI is InChI=1S/C16H26N2O3/c1-13(12-21-3)18(9-10-20-2)16(19)8-7-14-5-4-6-15(17)11-14/h4-6,11,13H,7-10,12,17H2,1-3H3. The molecule has 1 aromatic rings. The van der Waals surface area contributed by atoms with Crippen LogP contribution in [-0.4, -0.2) is 50.8 Å². The number of nitrogen functional groups attached to an aromatic ring is 1. The van der Waals surface area contributed by atoms with E-state index in [-0.39, 0.29) is 11.9 Å². The number of hydrogen-bond donors (Lipinski definition) is 1. The van der Waals surface area contributed by atoms with Gasteiger partial charge < -0.3 is 20.1 Å². The van der Waals surface area contributed by atoms with Crippen molar-refractivity contribution < 1.29 is 14.3 Å². The number of rotatable bonds is 9. The van der Waals surface area contributed by atoms with Crippen molar-refractivity contribution in [2.75, 3.05) is 39.7 Å². The lowest BCUT2D eigenvalue weighted by atomic mass is 10.1. The van der Waals surface area contributed by atoms with E-state index in [1.807, 2.05) is 36.1 Å². The van der Waals surface area contributed by atoms with Crippen LogP contribution in [0.1, 0.15) is 18.9 Å². The molecule has 0 aliphatic carbocycles. The first kappa shape index (κ1) is 17.5. The third-order valence-corrected chi connectivity index (χ3v) is 3.38. The van der Waals surface area contributed by atoms with Crippen LogP contribution in [0.5, 0.6) is 0 Å². The highest BCUT2D eigenvalue weighted by atomic mass is 16.5. The highest BCUT2D eigenvalue weighted by Crippen LogP contribution is 2.11. The quantitative estimate of drug-likeness (QED) is 0.704. The van der Waals surface area contributed by atoms with E-state index in [1.165, 1.54) is 0 Å². The average molecular weight is 294 g/mol. The molecular formula is C16H26N2O3. The molecule has 0 fully saturated rings. The summed E-state index contributed by atoms with van der Waals surface area (Å²) in [4.78, 5) is 14.2. The SMILES string of the molecule is COCCN(C(=O)CCc1cccc(N)c1)C(C)COC. The maximum Gasteiger partial charge on any atom is 0.223 e. The van der Waals surface area contributed by atoms with Crippen LogP contribution < -0.4 is 5.73 Å². The number of aryl methyl sites for hydroxylation is 1. The summed E-state index contributed by atoms with van der Waals surface area (Å²) >= 11 is 0. The molecule has 2 N–H and O–H groups in total. The fraction of sp³-hybridized carbons (Fsp3) is 0.562. The normalized spacial score (nSPS) is 12.1. The molecular weight excluding hydrogens is 268 g/mol. The molecule has 5 nitrogen and oxygen atoms in total. The Hall–Kier alpha value is -1.59. The Bertz CT molecular complexity index is 437. The molecule has 0 saturated heterocycles. The number of nitrogens with zero attached hydrogens (tertiary/aromatic N) is 1. The van der Waals surface area contributed by atoms with Gasteiger partial charge in [-0.25, -0.2) is 0 Å². The Labute approximate surface area is 127 Å². The van der Waals surface area contributed by atoms with E-state index in [0.717, 1.165) is 11.3 Å². The van der Waals surface area contributed by atoms with E-state index in [4.69, 9.17) is 15.2 Å². The van der Waals surface area contributed by atoms with Crippen molar-refractivity contribution >= 4 is 11.6 Å². The second-order valence-corrected chi connectivity index (χ2v) is 5.13. The highest BCUT2D eigenvalue weighted by molar-refractivity contribution is 5.76. The van der Waals surface area contributed by atoms with Crippen LogP contribution >= 0.6 is 0 Å². The van der Waals surface area contributed by atoms with Crippen molar-refractivity contribution in [3.05, 3.63) is 29.8 Å². The van der Waals surface area contributed by atoms with E-state index in [2.05, 4.69) is 0 Å². The fourth-order valence-corrected chi connectivity index (χ4v) is 2.26. The summed E-state index contributed by atoms with van der Waals surface area (Å²) in [6.45, 7) is 3.61. The Morgan fingerprint density at radius 2 is 2.10 bits per heavy atom.